The first-order chi connectivity index (χ1) is 16.6. The number of hydrogen-bond donors (Lipinski definition) is 0. The van der Waals surface area contributed by atoms with Crippen molar-refractivity contribution in [3.63, 3.8) is 0 Å². The summed E-state index contributed by atoms with van der Waals surface area (Å²) in [5, 5.41) is 0. The van der Waals surface area contributed by atoms with Gasteiger partial charge >= 0.3 is 0 Å². The predicted molar refractivity (Wildman–Crippen MR) is 148 cm³/mol. The van der Waals surface area contributed by atoms with Gasteiger partial charge in [0.1, 0.15) is 0 Å². The number of allylic oxidation sites excluding steroid dienone is 3. The van der Waals surface area contributed by atoms with E-state index in [9.17, 15) is 0 Å². The van der Waals surface area contributed by atoms with E-state index in [1.165, 1.54) is 69.8 Å². The van der Waals surface area contributed by atoms with Crippen LogP contribution in [-0.4, -0.2) is 26.4 Å². The van der Waals surface area contributed by atoms with Gasteiger partial charge in [-0.1, -0.05) is 64.3 Å². The highest BCUT2D eigenvalue weighted by Gasteiger charge is 2.61. The van der Waals surface area contributed by atoms with E-state index in [0.29, 0.717) is 23.5 Å². The summed E-state index contributed by atoms with van der Waals surface area (Å²) in [5.41, 5.74) is 4.26. The molecule has 0 aromatic heterocycles. The van der Waals surface area contributed by atoms with Gasteiger partial charge in [-0.2, -0.15) is 0 Å². The summed E-state index contributed by atoms with van der Waals surface area (Å²) in [7, 11) is 1.77. The van der Waals surface area contributed by atoms with Crippen LogP contribution in [-0.2, 0) is 9.47 Å². The quantitative estimate of drug-likeness (QED) is 0.240. The van der Waals surface area contributed by atoms with Gasteiger partial charge in [0.15, 0.2) is 0 Å². The molecule has 0 bridgehead atoms. The summed E-state index contributed by atoms with van der Waals surface area (Å²) >= 11 is 0. The van der Waals surface area contributed by atoms with Crippen LogP contribution in [0.2, 0.25) is 0 Å². The molecule has 8 unspecified atom stereocenters. The minimum atomic E-state index is 0.129. The molecule has 35 heavy (non-hydrogen) atoms. The average Bonchev–Trinajstić information content (AvgIpc) is 3.15. The van der Waals surface area contributed by atoms with Gasteiger partial charge in [-0.3, -0.25) is 0 Å². The highest BCUT2D eigenvalue weighted by atomic mass is 16.5. The Bertz CT molecular complexity index is 789. The van der Waals surface area contributed by atoms with E-state index in [4.69, 9.17) is 9.47 Å². The van der Waals surface area contributed by atoms with E-state index in [-0.39, 0.29) is 5.41 Å². The molecule has 0 aromatic carbocycles. The molecule has 0 aliphatic heterocycles. The largest absolute Gasteiger partial charge is 0.382 e. The normalized spacial score (nSPS) is 40.8. The van der Waals surface area contributed by atoms with Gasteiger partial charge in [0, 0.05) is 12.5 Å². The lowest BCUT2D eigenvalue weighted by molar-refractivity contribution is -0.0999. The van der Waals surface area contributed by atoms with Crippen molar-refractivity contribution in [3.8, 4) is 0 Å². The van der Waals surface area contributed by atoms with Gasteiger partial charge in [0.2, 0.25) is 0 Å². The van der Waals surface area contributed by atoms with Crippen molar-refractivity contribution in [2.45, 2.75) is 119 Å². The fourth-order valence-electron chi connectivity index (χ4n) is 9.95. The van der Waals surface area contributed by atoms with Crippen molar-refractivity contribution in [1.29, 1.82) is 0 Å². The topological polar surface area (TPSA) is 18.5 Å². The molecular formula is C33H56O2. The summed E-state index contributed by atoms with van der Waals surface area (Å²) in [6, 6.07) is 0. The van der Waals surface area contributed by atoms with Crippen molar-refractivity contribution >= 4 is 0 Å². The maximum atomic E-state index is 6.38. The van der Waals surface area contributed by atoms with Crippen LogP contribution in [0.4, 0.5) is 0 Å². The third-order valence-electron chi connectivity index (χ3n) is 11.7. The number of rotatable bonds is 9. The van der Waals surface area contributed by atoms with E-state index < -0.39 is 0 Å². The number of ether oxygens (including phenoxy) is 2. The monoisotopic (exact) mass is 484 g/mol. The smallest absolute Gasteiger partial charge is 0.0704 e. The zero-order chi connectivity index (χ0) is 25.4. The fourth-order valence-corrected chi connectivity index (χ4v) is 9.95. The average molecular weight is 485 g/mol. The summed E-state index contributed by atoms with van der Waals surface area (Å²) < 4.78 is 11.6. The van der Waals surface area contributed by atoms with Crippen molar-refractivity contribution in [3.05, 3.63) is 23.3 Å². The number of methoxy groups -OCH3 is 1. The molecule has 3 fully saturated rings. The van der Waals surface area contributed by atoms with Gasteiger partial charge in [-0.05, 0) is 112 Å². The molecule has 0 N–H and O–H groups in total. The highest BCUT2D eigenvalue weighted by molar-refractivity contribution is 5.31. The van der Waals surface area contributed by atoms with Crippen molar-refractivity contribution < 1.29 is 9.47 Å². The molecule has 4 rings (SSSR count). The van der Waals surface area contributed by atoms with Crippen LogP contribution in [0.15, 0.2) is 23.3 Å². The molecule has 8 atom stereocenters. The maximum Gasteiger partial charge on any atom is 0.0704 e. The lowest BCUT2D eigenvalue weighted by atomic mass is 9.44. The Morgan fingerprint density at radius 1 is 1.03 bits per heavy atom. The van der Waals surface area contributed by atoms with Crippen LogP contribution >= 0.6 is 0 Å². The minimum Gasteiger partial charge on any atom is -0.382 e. The second-order valence-electron chi connectivity index (χ2n) is 14.2. The number of fused-ring (bicyclic) bond motifs is 5. The third-order valence-corrected chi connectivity index (χ3v) is 11.7. The Balaban J connectivity index is 1.48. The van der Waals surface area contributed by atoms with E-state index in [0.717, 1.165) is 36.2 Å². The summed E-state index contributed by atoms with van der Waals surface area (Å²) in [6.07, 6.45) is 19.2. The Kier molecular flexibility index (Phi) is 8.34. The SMILES string of the molecule is COCCOC1CCC2(C)C(=CCC3C2CCC2(C)C(C(C)CCCC=C(C)C)CCC32)C1(C)C. The molecule has 2 nitrogen and oxygen atoms in total. The standard InChI is InChI=1S/C33H56O2/c1-23(2)11-9-10-12-24(3)26-14-15-27-25-13-16-29-31(4,5)30(35-22-21-34-8)18-20-33(29,7)28(25)17-19-32(26,27)6/h11,16,24-28,30H,9-10,12-15,17-22H2,1-8H3. The molecular weight excluding hydrogens is 428 g/mol. The molecule has 2 heteroatoms. The van der Waals surface area contributed by atoms with Gasteiger partial charge < -0.3 is 9.47 Å². The first-order valence-electron chi connectivity index (χ1n) is 15.0. The molecule has 0 amide bonds. The van der Waals surface area contributed by atoms with Gasteiger partial charge in [0.25, 0.3) is 0 Å². The summed E-state index contributed by atoms with van der Waals surface area (Å²) in [6.45, 7) is 18.7. The van der Waals surface area contributed by atoms with Crippen LogP contribution in [0.5, 0.6) is 0 Å². The van der Waals surface area contributed by atoms with Crippen LogP contribution in [0.25, 0.3) is 0 Å². The van der Waals surface area contributed by atoms with Gasteiger partial charge in [-0.15, -0.1) is 0 Å². The Morgan fingerprint density at radius 3 is 2.51 bits per heavy atom. The molecule has 0 spiro atoms. The fraction of sp³-hybridized carbons (Fsp3) is 0.879. The lowest BCUT2D eigenvalue weighted by Gasteiger charge is -2.61. The Morgan fingerprint density at radius 2 is 1.80 bits per heavy atom. The lowest BCUT2D eigenvalue weighted by Crippen LogP contribution is -2.55. The van der Waals surface area contributed by atoms with Crippen LogP contribution in [0, 0.1) is 45.8 Å². The molecule has 3 saturated carbocycles. The second kappa shape index (κ2) is 10.6. The minimum absolute atomic E-state index is 0.129. The first kappa shape index (κ1) is 27.4. The molecule has 0 heterocycles. The van der Waals surface area contributed by atoms with Crippen molar-refractivity contribution in [2.75, 3.05) is 20.3 Å². The Labute approximate surface area is 217 Å². The maximum absolute atomic E-state index is 6.38. The van der Waals surface area contributed by atoms with Crippen molar-refractivity contribution in [2.24, 2.45) is 45.8 Å². The first-order valence-corrected chi connectivity index (χ1v) is 15.0. The summed E-state index contributed by atoms with van der Waals surface area (Å²) in [4.78, 5) is 0. The second-order valence-corrected chi connectivity index (χ2v) is 14.2. The molecule has 0 radical (unpaired) electrons. The summed E-state index contributed by atoms with van der Waals surface area (Å²) in [5.74, 6) is 4.49. The van der Waals surface area contributed by atoms with Gasteiger partial charge in [-0.25, -0.2) is 0 Å². The zero-order valence-electron chi connectivity index (χ0n) is 24.4. The van der Waals surface area contributed by atoms with Crippen LogP contribution < -0.4 is 0 Å². The molecule has 0 saturated heterocycles. The molecule has 4 aliphatic carbocycles. The van der Waals surface area contributed by atoms with Crippen LogP contribution in [0.3, 0.4) is 0 Å². The highest BCUT2D eigenvalue weighted by Crippen LogP contribution is 2.69. The van der Waals surface area contributed by atoms with Crippen molar-refractivity contribution in [1.82, 2.24) is 0 Å². The zero-order valence-corrected chi connectivity index (χ0v) is 24.4. The van der Waals surface area contributed by atoms with E-state index in [1.807, 2.05) is 0 Å². The number of unbranched alkanes of at least 4 members (excludes halogenated alkanes) is 1. The molecule has 4 aliphatic rings. The van der Waals surface area contributed by atoms with E-state index in [2.05, 4.69) is 60.6 Å². The number of hydrogen-bond acceptors (Lipinski definition) is 2. The van der Waals surface area contributed by atoms with E-state index in [1.54, 1.807) is 12.7 Å². The Hall–Kier alpha value is -0.600. The molecule has 200 valence electrons. The molecule has 0 aromatic rings. The predicted octanol–water partition coefficient (Wildman–Crippen LogP) is 9.01. The van der Waals surface area contributed by atoms with Crippen LogP contribution in [0.1, 0.15) is 113 Å². The van der Waals surface area contributed by atoms with E-state index >= 15 is 0 Å². The van der Waals surface area contributed by atoms with Gasteiger partial charge in [0.05, 0.1) is 19.3 Å². The third kappa shape index (κ3) is 4.97.